The van der Waals surface area contributed by atoms with Gasteiger partial charge in [-0.3, -0.25) is 14.5 Å². The number of aromatic nitrogens is 1. The van der Waals surface area contributed by atoms with E-state index in [1.54, 1.807) is 43.3 Å². The maximum Gasteiger partial charge on any atom is 0.296 e. The van der Waals surface area contributed by atoms with E-state index >= 15 is 0 Å². The van der Waals surface area contributed by atoms with Gasteiger partial charge in [-0.05, 0) is 74.7 Å². The topological polar surface area (TPSA) is 92.9 Å². The van der Waals surface area contributed by atoms with Crippen molar-refractivity contribution in [2.75, 3.05) is 11.5 Å². The first-order valence-electron chi connectivity index (χ1n) is 11.3. The van der Waals surface area contributed by atoms with Crippen molar-refractivity contribution in [3.63, 3.8) is 0 Å². The quantitative estimate of drug-likeness (QED) is 0.335. The molecule has 0 aliphatic carbocycles. The number of aliphatic hydroxyl groups is 1. The van der Waals surface area contributed by atoms with Crippen molar-refractivity contribution >= 4 is 38.4 Å². The molecular weight excluding hydrogens is 464 g/mol. The van der Waals surface area contributed by atoms with Gasteiger partial charge in [0.15, 0.2) is 16.7 Å². The number of Topliss-reactive ketones (excluding diaryl/α,β-unsaturated/α-hetero) is 1. The molecule has 2 aromatic heterocycles. The van der Waals surface area contributed by atoms with E-state index in [1.807, 2.05) is 32.9 Å². The molecule has 178 valence electrons. The summed E-state index contributed by atoms with van der Waals surface area (Å²) in [6, 6.07) is 13.5. The van der Waals surface area contributed by atoms with Crippen molar-refractivity contribution in [2.45, 2.75) is 33.7 Å². The Morgan fingerprint density at radius 3 is 2.54 bits per heavy atom. The predicted octanol–water partition coefficient (Wildman–Crippen LogP) is 6.00. The molecule has 0 saturated carbocycles. The van der Waals surface area contributed by atoms with Crippen molar-refractivity contribution in [1.29, 1.82) is 0 Å². The number of rotatable bonds is 6. The third kappa shape index (κ3) is 3.89. The summed E-state index contributed by atoms with van der Waals surface area (Å²) in [5, 5.41) is 11.4. The van der Waals surface area contributed by atoms with Crippen LogP contribution in [0.15, 0.2) is 64.3 Å². The second-order valence-corrected chi connectivity index (χ2v) is 9.52. The van der Waals surface area contributed by atoms with Gasteiger partial charge < -0.3 is 14.3 Å². The summed E-state index contributed by atoms with van der Waals surface area (Å²) in [5.74, 6) is -0.534. The van der Waals surface area contributed by atoms with Crippen molar-refractivity contribution in [3.8, 4) is 5.75 Å². The highest BCUT2D eigenvalue weighted by Gasteiger charge is 2.46. The molecule has 1 N–H and O–H groups in total. The molecule has 1 aliphatic rings. The van der Waals surface area contributed by atoms with Gasteiger partial charge in [0, 0.05) is 0 Å². The van der Waals surface area contributed by atoms with Gasteiger partial charge in [0.2, 0.25) is 5.78 Å². The van der Waals surface area contributed by atoms with Gasteiger partial charge in [-0.25, -0.2) is 4.98 Å². The Bertz CT molecular complexity index is 1500. The van der Waals surface area contributed by atoms with Crippen LogP contribution in [0, 0.1) is 20.8 Å². The number of fused-ring (bicyclic) bond motifs is 1. The summed E-state index contributed by atoms with van der Waals surface area (Å²) in [4.78, 5) is 33.0. The van der Waals surface area contributed by atoms with Gasteiger partial charge in [0.1, 0.15) is 11.5 Å². The third-order valence-electron chi connectivity index (χ3n) is 5.95. The number of aliphatic hydroxyl groups excluding tert-OH is 1. The zero-order valence-corrected chi connectivity index (χ0v) is 20.6. The van der Waals surface area contributed by atoms with E-state index in [9.17, 15) is 14.7 Å². The first-order chi connectivity index (χ1) is 16.8. The second-order valence-electron chi connectivity index (χ2n) is 8.51. The summed E-state index contributed by atoms with van der Waals surface area (Å²) in [6.45, 7) is 8.11. The maximum absolute atomic E-state index is 13.5. The van der Waals surface area contributed by atoms with Crippen LogP contribution in [0.25, 0.3) is 10.2 Å². The number of nitrogens with zero attached hydrogens (tertiary/aromatic N) is 2. The molecule has 0 saturated heterocycles. The van der Waals surface area contributed by atoms with Crippen molar-refractivity contribution in [1.82, 2.24) is 4.98 Å². The largest absolute Gasteiger partial charge is 0.503 e. The number of ether oxygens (including phenoxy) is 1. The molecule has 1 aliphatic heterocycles. The highest BCUT2D eigenvalue weighted by molar-refractivity contribution is 7.22. The molecule has 0 fully saturated rings. The van der Waals surface area contributed by atoms with E-state index in [0.717, 1.165) is 21.3 Å². The minimum atomic E-state index is -0.877. The number of ketones is 1. The Labute approximate surface area is 206 Å². The van der Waals surface area contributed by atoms with Crippen LogP contribution in [-0.4, -0.2) is 28.4 Å². The average molecular weight is 489 g/mol. The number of thiazole rings is 1. The first kappa shape index (κ1) is 22.9. The number of benzene rings is 2. The lowest BCUT2D eigenvalue weighted by Crippen LogP contribution is -2.30. The Balaban J connectivity index is 1.66. The minimum Gasteiger partial charge on any atom is -0.503 e. The summed E-state index contributed by atoms with van der Waals surface area (Å²) in [7, 11) is 0. The Kier molecular flexibility index (Phi) is 5.68. The average Bonchev–Trinajstić information content (AvgIpc) is 3.51. The van der Waals surface area contributed by atoms with Crippen LogP contribution >= 0.6 is 11.3 Å². The van der Waals surface area contributed by atoms with Crippen molar-refractivity contribution in [3.05, 3.63) is 88.1 Å². The molecule has 0 radical (unpaired) electrons. The molecule has 7 nitrogen and oxygen atoms in total. The zero-order chi connectivity index (χ0) is 24.9. The summed E-state index contributed by atoms with van der Waals surface area (Å²) < 4.78 is 12.0. The number of amides is 1. The smallest absolute Gasteiger partial charge is 0.296 e. The standard InChI is InChI=1S/C27H24N2O5S/c1-5-33-18-9-7-17(8-10-18)23-21(24(30)19-11-6-16(4)34-19)25(31)26(32)29(23)27-28-22-15(3)12-14(2)13-20(22)35-27/h6-13,23,31H,5H2,1-4H3/t23-/m1/s1. The van der Waals surface area contributed by atoms with E-state index < -0.39 is 23.5 Å². The molecule has 0 spiro atoms. The molecule has 4 aromatic rings. The van der Waals surface area contributed by atoms with E-state index in [2.05, 4.69) is 0 Å². The monoisotopic (exact) mass is 488 g/mol. The number of hydrogen-bond donors (Lipinski definition) is 1. The van der Waals surface area contributed by atoms with Gasteiger partial charge in [-0.2, -0.15) is 0 Å². The molecule has 1 atom stereocenters. The van der Waals surface area contributed by atoms with E-state index in [4.69, 9.17) is 14.1 Å². The fourth-order valence-electron chi connectivity index (χ4n) is 4.41. The van der Waals surface area contributed by atoms with Gasteiger partial charge >= 0.3 is 0 Å². The highest BCUT2D eigenvalue weighted by Crippen LogP contribution is 2.45. The minimum absolute atomic E-state index is 0.0410. The molecule has 1 amide bonds. The molecule has 2 aromatic carbocycles. The normalized spacial score (nSPS) is 15.9. The van der Waals surface area contributed by atoms with Gasteiger partial charge in [0.25, 0.3) is 5.91 Å². The molecule has 5 rings (SSSR count). The molecule has 8 heteroatoms. The number of aryl methyl sites for hydroxylation is 3. The summed E-state index contributed by atoms with van der Waals surface area (Å²) >= 11 is 1.35. The zero-order valence-electron chi connectivity index (χ0n) is 19.8. The summed E-state index contributed by atoms with van der Waals surface area (Å²) in [6.07, 6.45) is 0. The van der Waals surface area contributed by atoms with Crippen molar-refractivity contribution < 1.29 is 23.8 Å². The molecule has 0 unspecified atom stereocenters. The van der Waals surface area contributed by atoms with Crippen LogP contribution in [0.4, 0.5) is 5.13 Å². The lowest BCUT2D eigenvalue weighted by molar-refractivity contribution is -0.117. The van der Waals surface area contributed by atoms with Crippen LogP contribution < -0.4 is 9.64 Å². The highest BCUT2D eigenvalue weighted by atomic mass is 32.1. The van der Waals surface area contributed by atoms with Gasteiger partial charge in [-0.1, -0.05) is 29.5 Å². The third-order valence-corrected chi connectivity index (χ3v) is 6.95. The second kappa shape index (κ2) is 8.70. The molecule has 3 heterocycles. The lowest BCUT2D eigenvalue weighted by atomic mass is 9.95. The van der Waals surface area contributed by atoms with Crippen LogP contribution in [0.2, 0.25) is 0 Å². The van der Waals surface area contributed by atoms with Gasteiger partial charge in [-0.15, -0.1) is 0 Å². The number of hydrogen-bond acceptors (Lipinski definition) is 7. The summed E-state index contributed by atoms with van der Waals surface area (Å²) in [5.41, 5.74) is 3.47. The fraction of sp³-hybridized carbons (Fsp3) is 0.222. The Morgan fingerprint density at radius 2 is 1.89 bits per heavy atom. The fourth-order valence-corrected chi connectivity index (χ4v) is 5.58. The molecule has 0 bridgehead atoms. The van der Waals surface area contributed by atoms with E-state index in [0.29, 0.717) is 28.8 Å². The van der Waals surface area contributed by atoms with Gasteiger partial charge in [0.05, 0.1) is 28.4 Å². The molecule has 35 heavy (non-hydrogen) atoms. The van der Waals surface area contributed by atoms with E-state index in [-0.39, 0.29) is 11.3 Å². The van der Waals surface area contributed by atoms with Crippen LogP contribution in [0.5, 0.6) is 5.75 Å². The van der Waals surface area contributed by atoms with E-state index in [1.165, 1.54) is 16.2 Å². The Morgan fingerprint density at radius 1 is 1.14 bits per heavy atom. The maximum atomic E-state index is 13.5. The predicted molar refractivity (Wildman–Crippen MR) is 134 cm³/mol. The van der Waals surface area contributed by atoms with Crippen LogP contribution in [0.1, 0.15) is 46.0 Å². The van der Waals surface area contributed by atoms with Crippen LogP contribution in [0.3, 0.4) is 0 Å². The number of anilines is 1. The Hall–Kier alpha value is -3.91. The SMILES string of the molecule is CCOc1ccc([C@@H]2C(C(=O)c3ccc(C)o3)=C(O)C(=O)N2c2nc3c(C)cc(C)cc3s2)cc1. The lowest BCUT2D eigenvalue weighted by Gasteiger charge is -2.24. The number of carbonyl (C=O) groups is 2. The molecular formula is C27H24N2O5S. The van der Waals surface area contributed by atoms with Crippen molar-refractivity contribution in [2.24, 2.45) is 0 Å². The number of carbonyl (C=O) groups excluding carboxylic acids is 2. The first-order valence-corrected chi connectivity index (χ1v) is 12.1. The van der Waals surface area contributed by atoms with Crippen LogP contribution in [-0.2, 0) is 4.79 Å². The number of furan rings is 1.